The van der Waals surface area contributed by atoms with E-state index >= 15 is 0 Å². The van der Waals surface area contributed by atoms with Crippen molar-refractivity contribution in [3.63, 3.8) is 0 Å². The summed E-state index contributed by atoms with van der Waals surface area (Å²) in [6.45, 7) is 1.15. The van der Waals surface area contributed by atoms with Crippen LogP contribution >= 0.6 is 12.4 Å². The zero-order valence-electron chi connectivity index (χ0n) is 10.0. The Labute approximate surface area is 112 Å². The van der Waals surface area contributed by atoms with Crippen molar-refractivity contribution in [3.05, 3.63) is 23.8 Å². The molecule has 1 saturated carbocycles. The maximum absolute atomic E-state index is 10.0. The molecule has 2 atom stereocenters. The Morgan fingerprint density at radius 3 is 2.50 bits per heavy atom. The second kappa shape index (κ2) is 5.34. The van der Waals surface area contributed by atoms with Crippen molar-refractivity contribution in [1.29, 1.82) is 0 Å². The van der Waals surface area contributed by atoms with Crippen molar-refractivity contribution < 1.29 is 14.6 Å². The monoisotopic (exact) mass is 271 g/mol. The average molecular weight is 272 g/mol. The molecule has 0 amide bonds. The van der Waals surface area contributed by atoms with E-state index in [-0.39, 0.29) is 18.4 Å². The topological polar surface area (TPSA) is 64.7 Å². The molecule has 5 heteroatoms. The number of halogens is 1. The first kappa shape index (κ1) is 13.5. The third-order valence-electron chi connectivity index (χ3n) is 3.42. The fraction of sp³-hybridized carbons (Fsp3) is 0.538. The molecule has 0 aromatic heterocycles. The Kier molecular flexibility index (Phi) is 4.00. The predicted octanol–water partition coefficient (Wildman–Crippen LogP) is 1.65. The minimum atomic E-state index is -0.447. The van der Waals surface area contributed by atoms with Crippen LogP contribution in [-0.4, -0.2) is 24.4 Å². The van der Waals surface area contributed by atoms with Gasteiger partial charge in [-0.05, 0) is 36.5 Å². The molecule has 0 radical (unpaired) electrons. The minimum absolute atomic E-state index is 0. The molecule has 3 N–H and O–H groups in total. The van der Waals surface area contributed by atoms with Crippen LogP contribution in [-0.2, 0) is 0 Å². The molecule has 18 heavy (non-hydrogen) atoms. The Hall–Kier alpha value is -0.970. The van der Waals surface area contributed by atoms with Gasteiger partial charge >= 0.3 is 0 Å². The summed E-state index contributed by atoms with van der Waals surface area (Å²) < 4.78 is 11.0. The van der Waals surface area contributed by atoms with Crippen molar-refractivity contribution in [1.82, 2.24) is 0 Å². The highest BCUT2D eigenvalue weighted by molar-refractivity contribution is 5.85. The number of rotatable bonds is 3. The van der Waals surface area contributed by atoms with E-state index in [1.54, 1.807) is 0 Å². The van der Waals surface area contributed by atoms with Crippen LogP contribution < -0.4 is 15.2 Å². The number of aliphatic hydroxyl groups excluding tert-OH is 1. The molecule has 1 aliphatic heterocycles. The Bertz CT molecular complexity index is 423. The molecular formula is C13H18ClNO3. The number of hydrogen-bond acceptors (Lipinski definition) is 4. The number of aliphatic hydroxyl groups is 1. The van der Waals surface area contributed by atoms with E-state index in [0.29, 0.717) is 19.1 Å². The predicted molar refractivity (Wildman–Crippen MR) is 70.3 cm³/mol. The fourth-order valence-electron chi connectivity index (χ4n) is 2.20. The van der Waals surface area contributed by atoms with Crippen molar-refractivity contribution >= 4 is 12.4 Å². The summed E-state index contributed by atoms with van der Waals surface area (Å²) in [6, 6.07) is 5.32. The van der Waals surface area contributed by atoms with Gasteiger partial charge in [-0.1, -0.05) is 6.07 Å². The van der Waals surface area contributed by atoms with Gasteiger partial charge in [-0.3, -0.25) is 0 Å². The van der Waals surface area contributed by atoms with Crippen LogP contribution in [0.15, 0.2) is 18.2 Å². The van der Waals surface area contributed by atoms with E-state index in [1.807, 2.05) is 18.2 Å². The van der Waals surface area contributed by atoms with Gasteiger partial charge in [-0.2, -0.15) is 0 Å². The molecule has 100 valence electrons. The van der Waals surface area contributed by atoms with E-state index in [4.69, 9.17) is 15.2 Å². The molecule has 1 heterocycles. The Balaban J connectivity index is 0.00000120. The number of hydrogen-bond donors (Lipinski definition) is 2. The highest BCUT2D eigenvalue weighted by Crippen LogP contribution is 2.39. The average Bonchev–Trinajstić information content (AvgIpc) is 3.21. The Morgan fingerprint density at radius 1 is 1.17 bits per heavy atom. The summed E-state index contributed by atoms with van der Waals surface area (Å²) in [7, 11) is 0. The van der Waals surface area contributed by atoms with Crippen LogP contribution in [0.4, 0.5) is 0 Å². The standard InChI is InChI=1S/C13H17NO3.ClH/c14-12(13(15)8-1-2-8)9-3-4-10-11(7-9)17-6-5-16-10;/h3-4,7-8,12-13,15H,1-2,5-6,14H2;1H/t12-,13+;/m0./s1. The minimum Gasteiger partial charge on any atom is -0.486 e. The fourth-order valence-corrected chi connectivity index (χ4v) is 2.20. The first-order chi connectivity index (χ1) is 8.25. The van der Waals surface area contributed by atoms with E-state index in [1.165, 1.54) is 0 Å². The summed E-state index contributed by atoms with van der Waals surface area (Å²) in [5.41, 5.74) is 6.98. The van der Waals surface area contributed by atoms with E-state index in [9.17, 15) is 5.11 Å². The van der Waals surface area contributed by atoms with Crippen LogP contribution in [0.2, 0.25) is 0 Å². The van der Waals surface area contributed by atoms with Gasteiger partial charge < -0.3 is 20.3 Å². The van der Waals surface area contributed by atoms with Crippen LogP contribution in [0, 0.1) is 5.92 Å². The number of ether oxygens (including phenoxy) is 2. The molecule has 3 rings (SSSR count). The Morgan fingerprint density at radius 2 is 1.83 bits per heavy atom. The quantitative estimate of drug-likeness (QED) is 0.877. The first-order valence-corrected chi connectivity index (χ1v) is 6.09. The zero-order chi connectivity index (χ0) is 11.8. The molecular weight excluding hydrogens is 254 g/mol. The van der Waals surface area contributed by atoms with Crippen molar-refractivity contribution in [2.45, 2.75) is 25.0 Å². The molecule has 1 fully saturated rings. The molecule has 0 bridgehead atoms. The van der Waals surface area contributed by atoms with Crippen LogP contribution in [0.25, 0.3) is 0 Å². The lowest BCUT2D eigenvalue weighted by atomic mass is 9.98. The van der Waals surface area contributed by atoms with E-state index < -0.39 is 6.10 Å². The first-order valence-electron chi connectivity index (χ1n) is 6.09. The second-order valence-corrected chi connectivity index (χ2v) is 4.76. The van der Waals surface area contributed by atoms with Gasteiger partial charge in [0.1, 0.15) is 13.2 Å². The van der Waals surface area contributed by atoms with Crippen LogP contribution in [0.1, 0.15) is 24.4 Å². The molecule has 0 unspecified atom stereocenters. The molecule has 1 aliphatic carbocycles. The lowest BCUT2D eigenvalue weighted by molar-refractivity contribution is 0.121. The third-order valence-corrected chi connectivity index (χ3v) is 3.42. The van der Waals surface area contributed by atoms with Crippen molar-refractivity contribution in [3.8, 4) is 11.5 Å². The molecule has 2 aliphatic rings. The maximum Gasteiger partial charge on any atom is 0.161 e. The SMILES string of the molecule is Cl.N[C@@H](c1ccc2c(c1)OCCO2)[C@H](O)C1CC1. The summed E-state index contributed by atoms with van der Waals surface area (Å²) in [6.07, 6.45) is 1.72. The van der Waals surface area contributed by atoms with Gasteiger partial charge in [0, 0.05) is 0 Å². The van der Waals surface area contributed by atoms with Crippen LogP contribution in [0.5, 0.6) is 11.5 Å². The van der Waals surface area contributed by atoms with E-state index in [0.717, 1.165) is 29.9 Å². The van der Waals surface area contributed by atoms with Crippen LogP contribution in [0.3, 0.4) is 0 Å². The highest BCUT2D eigenvalue weighted by atomic mass is 35.5. The van der Waals surface area contributed by atoms with Gasteiger partial charge in [0.05, 0.1) is 12.1 Å². The summed E-state index contributed by atoms with van der Waals surface area (Å²) in [5, 5.41) is 10.0. The van der Waals surface area contributed by atoms with Crippen molar-refractivity contribution in [2.75, 3.05) is 13.2 Å². The van der Waals surface area contributed by atoms with Gasteiger partial charge in [-0.25, -0.2) is 0 Å². The van der Waals surface area contributed by atoms with Crippen molar-refractivity contribution in [2.24, 2.45) is 11.7 Å². The summed E-state index contributed by atoms with van der Waals surface area (Å²) in [5.74, 6) is 1.86. The summed E-state index contributed by atoms with van der Waals surface area (Å²) >= 11 is 0. The number of nitrogens with two attached hydrogens (primary N) is 1. The normalized spacial score (nSPS) is 20.8. The van der Waals surface area contributed by atoms with E-state index in [2.05, 4.69) is 0 Å². The van der Waals surface area contributed by atoms with Gasteiger partial charge in [0.2, 0.25) is 0 Å². The summed E-state index contributed by atoms with van der Waals surface area (Å²) in [4.78, 5) is 0. The molecule has 1 aromatic carbocycles. The van der Waals surface area contributed by atoms with Gasteiger partial charge in [-0.15, -0.1) is 12.4 Å². The lowest BCUT2D eigenvalue weighted by Gasteiger charge is -2.22. The molecule has 0 saturated heterocycles. The van der Waals surface area contributed by atoms with Gasteiger partial charge in [0.15, 0.2) is 11.5 Å². The highest BCUT2D eigenvalue weighted by Gasteiger charge is 2.34. The smallest absolute Gasteiger partial charge is 0.161 e. The zero-order valence-corrected chi connectivity index (χ0v) is 10.9. The number of benzene rings is 1. The molecule has 1 aromatic rings. The lowest BCUT2D eigenvalue weighted by Crippen LogP contribution is -2.28. The number of fused-ring (bicyclic) bond motifs is 1. The third kappa shape index (κ3) is 2.55. The van der Waals surface area contributed by atoms with Gasteiger partial charge in [0.25, 0.3) is 0 Å². The molecule has 0 spiro atoms. The maximum atomic E-state index is 10.0. The largest absolute Gasteiger partial charge is 0.486 e. The second-order valence-electron chi connectivity index (χ2n) is 4.76. The molecule has 4 nitrogen and oxygen atoms in total.